The predicted molar refractivity (Wildman–Crippen MR) is 61.2 cm³/mol. The number of rotatable bonds is 3. The van der Waals surface area contributed by atoms with Gasteiger partial charge in [0.1, 0.15) is 0 Å². The first-order valence-corrected chi connectivity index (χ1v) is 7.04. The van der Waals surface area contributed by atoms with Crippen molar-refractivity contribution in [2.24, 2.45) is 5.92 Å². The molecule has 0 saturated carbocycles. The molecule has 2 saturated heterocycles. The molecule has 0 aromatic heterocycles. The maximum atomic E-state index is 10.0. The van der Waals surface area contributed by atoms with Crippen molar-refractivity contribution in [2.45, 2.75) is 31.0 Å². The Kier molecular flexibility index (Phi) is 3.93. The lowest BCUT2D eigenvalue weighted by Crippen LogP contribution is -2.44. The summed E-state index contributed by atoms with van der Waals surface area (Å²) in [5, 5.41) is 10.0. The van der Waals surface area contributed by atoms with Crippen LogP contribution >= 0.6 is 11.8 Å². The lowest BCUT2D eigenvalue weighted by atomic mass is 9.82. The molecule has 2 aliphatic rings. The summed E-state index contributed by atoms with van der Waals surface area (Å²) in [5.74, 6) is 1.23. The van der Waals surface area contributed by atoms with E-state index in [1.165, 1.54) is 0 Å². The zero-order chi connectivity index (χ0) is 10.7. The molecule has 1 N–H and O–H groups in total. The lowest BCUT2D eigenvalue weighted by molar-refractivity contribution is -0.113. The molecule has 2 aliphatic heterocycles. The van der Waals surface area contributed by atoms with Crippen molar-refractivity contribution in [1.82, 2.24) is 0 Å². The minimum atomic E-state index is -0.179. The van der Waals surface area contributed by atoms with Gasteiger partial charge in [-0.3, -0.25) is 0 Å². The van der Waals surface area contributed by atoms with Crippen LogP contribution in [0.3, 0.4) is 0 Å². The zero-order valence-corrected chi connectivity index (χ0v) is 10.1. The summed E-state index contributed by atoms with van der Waals surface area (Å²) in [6, 6.07) is 0. The number of ether oxygens (including phenoxy) is 2. The average Bonchev–Trinajstić information content (AvgIpc) is 2.67. The molecule has 0 bridgehead atoms. The molecule has 0 radical (unpaired) electrons. The topological polar surface area (TPSA) is 38.7 Å². The van der Waals surface area contributed by atoms with Crippen LogP contribution in [0.2, 0.25) is 0 Å². The quantitative estimate of drug-likeness (QED) is 0.796. The van der Waals surface area contributed by atoms with Crippen molar-refractivity contribution < 1.29 is 14.6 Å². The van der Waals surface area contributed by atoms with E-state index < -0.39 is 0 Å². The summed E-state index contributed by atoms with van der Waals surface area (Å²) in [6.45, 7) is 2.31. The van der Waals surface area contributed by atoms with Crippen LogP contribution < -0.4 is 0 Å². The van der Waals surface area contributed by atoms with Gasteiger partial charge in [0.15, 0.2) is 0 Å². The lowest BCUT2D eigenvalue weighted by Gasteiger charge is -2.38. The van der Waals surface area contributed by atoms with E-state index in [-0.39, 0.29) is 11.7 Å². The number of aliphatic hydroxyl groups excluding tert-OH is 1. The van der Waals surface area contributed by atoms with Crippen LogP contribution in [0.25, 0.3) is 0 Å². The van der Waals surface area contributed by atoms with Gasteiger partial charge in [0, 0.05) is 25.4 Å². The maximum absolute atomic E-state index is 10.0. The molecule has 1 spiro atoms. The summed E-state index contributed by atoms with van der Waals surface area (Å²) < 4.78 is 11.3. The van der Waals surface area contributed by atoms with Crippen LogP contribution in [0, 0.1) is 5.92 Å². The Hall–Kier alpha value is 0.230. The molecule has 88 valence electrons. The molecular formula is C11H20O3S. The van der Waals surface area contributed by atoms with Crippen molar-refractivity contribution in [1.29, 1.82) is 0 Å². The smallest absolute Gasteiger partial charge is 0.0940 e. The van der Waals surface area contributed by atoms with Crippen LogP contribution in [0.5, 0.6) is 0 Å². The Morgan fingerprint density at radius 2 is 2.40 bits per heavy atom. The summed E-state index contributed by atoms with van der Waals surface area (Å²) in [6.07, 6.45) is 4.81. The van der Waals surface area contributed by atoms with E-state index in [1.54, 1.807) is 11.8 Å². The van der Waals surface area contributed by atoms with Crippen LogP contribution in [-0.4, -0.2) is 48.6 Å². The molecule has 2 rings (SSSR count). The molecule has 0 aromatic carbocycles. The van der Waals surface area contributed by atoms with Crippen LogP contribution in [-0.2, 0) is 9.47 Å². The fourth-order valence-corrected chi connectivity index (χ4v) is 3.18. The van der Waals surface area contributed by atoms with Crippen molar-refractivity contribution >= 4 is 11.8 Å². The first-order chi connectivity index (χ1) is 7.26. The van der Waals surface area contributed by atoms with Gasteiger partial charge in [0.05, 0.1) is 18.3 Å². The van der Waals surface area contributed by atoms with Gasteiger partial charge in [0.25, 0.3) is 0 Å². The summed E-state index contributed by atoms with van der Waals surface area (Å²) in [7, 11) is 0. The van der Waals surface area contributed by atoms with Gasteiger partial charge in [-0.15, -0.1) is 0 Å². The van der Waals surface area contributed by atoms with E-state index in [1.807, 2.05) is 6.26 Å². The van der Waals surface area contributed by atoms with Crippen molar-refractivity contribution in [3.63, 3.8) is 0 Å². The highest BCUT2D eigenvalue weighted by molar-refractivity contribution is 7.98. The molecule has 2 heterocycles. The average molecular weight is 232 g/mol. The molecular weight excluding hydrogens is 212 g/mol. The SMILES string of the molecule is CSCC(O)C1CCOC2(CCOC2)C1. The number of hydrogen-bond donors (Lipinski definition) is 1. The van der Waals surface area contributed by atoms with Gasteiger partial charge in [-0.2, -0.15) is 11.8 Å². The zero-order valence-electron chi connectivity index (χ0n) is 9.28. The Morgan fingerprint density at radius 1 is 1.53 bits per heavy atom. The molecule has 0 aliphatic carbocycles. The van der Waals surface area contributed by atoms with Crippen LogP contribution in [0.15, 0.2) is 0 Å². The number of hydrogen-bond acceptors (Lipinski definition) is 4. The molecule has 3 nitrogen and oxygen atoms in total. The third-order valence-electron chi connectivity index (χ3n) is 3.48. The van der Waals surface area contributed by atoms with Gasteiger partial charge in [-0.05, 0) is 25.0 Å². The van der Waals surface area contributed by atoms with Gasteiger partial charge in [0.2, 0.25) is 0 Å². The van der Waals surface area contributed by atoms with Crippen LogP contribution in [0.4, 0.5) is 0 Å². The van der Waals surface area contributed by atoms with Crippen molar-refractivity contribution in [3.8, 4) is 0 Å². The normalized spacial score (nSPS) is 38.4. The Bertz CT molecular complexity index is 204. The monoisotopic (exact) mass is 232 g/mol. The third-order valence-corrected chi connectivity index (χ3v) is 4.15. The first-order valence-electron chi connectivity index (χ1n) is 5.64. The van der Waals surface area contributed by atoms with E-state index in [4.69, 9.17) is 9.47 Å². The maximum Gasteiger partial charge on any atom is 0.0940 e. The predicted octanol–water partition coefficient (Wildman–Crippen LogP) is 1.30. The minimum absolute atomic E-state index is 0.0672. The summed E-state index contributed by atoms with van der Waals surface area (Å²) in [4.78, 5) is 0. The third kappa shape index (κ3) is 2.67. The molecule has 0 amide bonds. The molecule has 4 heteroatoms. The summed E-state index contributed by atoms with van der Waals surface area (Å²) >= 11 is 1.71. The second kappa shape index (κ2) is 5.04. The van der Waals surface area contributed by atoms with E-state index in [0.717, 1.165) is 44.8 Å². The highest BCUT2D eigenvalue weighted by atomic mass is 32.2. The summed E-state index contributed by atoms with van der Waals surface area (Å²) in [5.41, 5.74) is -0.0672. The van der Waals surface area contributed by atoms with Gasteiger partial charge >= 0.3 is 0 Å². The fourth-order valence-electron chi connectivity index (χ4n) is 2.56. The van der Waals surface area contributed by atoms with Gasteiger partial charge < -0.3 is 14.6 Å². The second-order valence-corrected chi connectivity index (χ2v) is 5.52. The minimum Gasteiger partial charge on any atom is -0.392 e. The van der Waals surface area contributed by atoms with Crippen molar-refractivity contribution in [2.75, 3.05) is 31.8 Å². The Balaban J connectivity index is 1.91. The molecule has 15 heavy (non-hydrogen) atoms. The van der Waals surface area contributed by atoms with E-state index >= 15 is 0 Å². The van der Waals surface area contributed by atoms with Gasteiger partial charge in [-0.1, -0.05) is 0 Å². The molecule has 3 unspecified atom stereocenters. The highest BCUT2D eigenvalue weighted by Gasteiger charge is 2.42. The van der Waals surface area contributed by atoms with Crippen molar-refractivity contribution in [3.05, 3.63) is 0 Å². The highest BCUT2D eigenvalue weighted by Crippen LogP contribution is 2.37. The number of thioether (sulfide) groups is 1. The Morgan fingerprint density at radius 3 is 3.07 bits per heavy atom. The van der Waals surface area contributed by atoms with Gasteiger partial charge in [-0.25, -0.2) is 0 Å². The van der Waals surface area contributed by atoms with Crippen LogP contribution in [0.1, 0.15) is 19.3 Å². The van der Waals surface area contributed by atoms with E-state index in [0.29, 0.717) is 5.92 Å². The standard InChI is InChI=1S/C11H20O3S/c1-15-7-10(12)9-2-4-14-11(6-9)3-5-13-8-11/h9-10,12H,2-8H2,1H3. The largest absolute Gasteiger partial charge is 0.392 e. The molecule has 0 aromatic rings. The van der Waals surface area contributed by atoms with E-state index in [9.17, 15) is 5.11 Å². The second-order valence-electron chi connectivity index (χ2n) is 4.61. The van der Waals surface area contributed by atoms with E-state index in [2.05, 4.69) is 0 Å². The first kappa shape index (κ1) is 11.7. The molecule has 2 fully saturated rings. The fraction of sp³-hybridized carbons (Fsp3) is 1.00. The molecule has 3 atom stereocenters. The Labute approximate surface area is 95.5 Å². The number of aliphatic hydroxyl groups is 1.